The van der Waals surface area contributed by atoms with E-state index in [0.717, 1.165) is 16.4 Å². The van der Waals surface area contributed by atoms with E-state index in [-0.39, 0.29) is 11.4 Å². The molecule has 0 amide bonds. The van der Waals surface area contributed by atoms with E-state index in [1.165, 1.54) is 24.3 Å². The summed E-state index contributed by atoms with van der Waals surface area (Å²) in [6.45, 7) is 3.65. The molecule has 2 aromatic rings. The first-order chi connectivity index (χ1) is 10.4. The zero-order chi connectivity index (χ0) is 16.3. The lowest BCUT2D eigenvalue weighted by Crippen LogP contribution is -2.31. The Morgan fingerprint density at radius 3 is 2.41 bits per heavy atom. The fourth-order valence-electron chi connectivity index (χ4n) is 1.83. The molecule has 7 heteroatoms. The molecule has 0 bridgehead atoms. The molecule has 3 nitrogen and oxygen atoms in total. The molecule has 116 valence electrons. The first-order valence-electron chi connectivity index (χ1n) is 6.20. The molecule has 0 saturated heterocycles. The number of sulfonamides is 1. The van der Waals surface area contributed by atoms with Crippen molar-refractivity contribution in [1.29, 1.82) is 0 Å². The molecule has 0 atom stereocenters. The van der Waals surface area contributed by atoms with Gasteiger partial charge in [-0.05, 0) is 58.4 Å². The molecule has 0 saturated carbocycles. The number of nitrogens with zero attached hydrogens (tertiary/aromatic N) is 1. The third-order valence-electron chi connectivity index (χ3n) is 2.89. The Bertz CT molecular complexity index is 794. The first kappa shape index (κ1) is 17.0. The van der Waals surface area contributed by atoms with E-state index in [1.807, 2.05) is 0 Å². The Kier molecular flexibility index (Phi) is 5.26. The molecule has 0 fully saturated rings. The van der Waals surface area contributed by atoms with Crippen LogP contribution in [0.4, 0.5) is 10.1 Å². The van der Waals surface area contributed by atoms with Crippen LogP contribution in [0.1, 0.15) is 0 Å². The quantitative estimate of drug-likeness (QED) is 0.682. The normalized spacial score (nSPS) is 11.2. The van der Waals surface area contributed by atoms with Gasteiger partial charge < -0.3 is 0 Å². The summed E-state index contributed by atoms with van der Waals surface area (Å²) < 4.78 is 40.3. The van der Waals surface area contributed by atoms with Gasteiger partial charge in [0, 0.05) is 4.47 Å². The van der Waals surface area contributed by atoms with E-state index >= 15 is 0 Å². The van der Waals surface area contributed by atoms with Crippen LogP contribution in [0, 0.1) is 5.82 Å². The molecule has 0 heterocycles. The molecule has 0 aliphatic rings. The van der Waals surface area contributed by atoms with Crippen LogP contribution in [0.3, 0.4) is 0 Å². The van der Waals surface area contributed by atoms with Gasteiger partial charge in [-0.15, -0.1) is 6.58 Å². The molecule has 0 unspecified atom stereocenters. The van der Waals surface area contributed by atoms with Gasteiger partial charge in [0.05, 0.1) is 22.2 Å². The topological polar surface area (TPSA) is 37.4 Å². The number of anilines is 1. The summed E-state index contributed by atoms with van der Waals surface area (Å²) in [4.78, 5) is -0.00482. The number of hydrogen-bond donors (Lipinski definition) is 0. The van der Waals surface area contributed by atoms with Crippen molar-refractivity contribution in [2.24, 2.45) is 0 Å². The highest BCUT2D eigenvalue weighted by Gasteiger charge is 2.24. The fraction of sp³-hybridized carbons (Fsp3) is 0.0667. The Morgan fingerprint density at radius 1 is 1.23 bits per heavy atom. The summed E-state index contributed by atoms with van der Waals surface area (Å²) in [6, 6.07) is 9.48. The first-order valence-corrected chi connectivity index (χ1v) is 8.81. The lowest BCUT2D eigenvalue weighted by Gasteiger charge is -2.23. The smallest absolute Gasteiger partial charge is 0.262 e. The lowest BCUT2D eigenvalue weighted by molar-refractivity contribution is 0.591. The van der Waals surface area contributed by atoms with Crippen molar-refractivity contribution < 1.29 is 12.8 Å². The van der Waals surface area contributed by atoms with Crippen molar-refractivity contribution in [2.75, 3.05) is 10.8 Å². The summed E-state index contributed by atoms with van der Waals surface area (Å²) in [5.41, 5.74) is 0.400. The molecule has 0 aliphatic carbocycles. The predicted molar refractivity (Wildman–Crippen MR) is 90.3 cm³/mol. The highest BCUT2D eigenvalue weighted by atomic mass is 79.9. The van der Waals surface area contributed by atoms with Crippen LogP contribution < -0.4 is 4.31 Å². The van der Waals surface area contributed by atoms with Crippen LogP contribution in [0.15, 0.2) is 64.5 Å². The van der Waals surface area contributed by atoms with Crippen molar-refractivity contribution in [2.45, 2.75) is 4.90 Å². The van der Waals surface area contributed by atoms with Crippen molar-refractivity contribution in [3.05, 3.63) is 70.4 Å². The standard InChI is InChI=1S/C15H12BrClFNO2S/c1-2-9-19(12-5-8-14(16)15(17)10-12)22(20,21)13-6-3-11(18)4-7-13/h2-8,10H,1,9H2. The van der Waals surface area contributed by atoms with E-state index in [1.54, 1.807) is 12.1 Å². The molecule has 2 aromatic carbocycles. The number of hydrogen-bond acceptors (Lipinski definition) is 2. The van der Waals surface area contributed by atoms with E-state index in [2.05, 4.69) is 22.5 Å². The third-order valence-corrected chi connectivity index (χ3v) is 5.93. The average molecular weight is 405 g/mol. The van der Waals surface area contributed by atoms with Crippen molar-refractivity contribution in [1.82, 2.24) is 0 Å². The summed E-state index contributed by atoms with van der Waals surface area (Å²) in [5, 5.41) is 0.390. The second-order valence-electron chi connectivity index (χ2n) is 4.38. The monoisotopic (exact) mass is 403 g/mol. The van der Waals surface area contributed by atoms with Crippen LogP contribution >= 0.6 is 27.5 Å². The molecular weight excluding hydrogens is 393 g/mol. The van der Waals surface area contributed by atoms with Gasteiger partial charge >= 0.3 is 0 Å². The maximum absolute atomic E-state index is 13.0. The lowest BCUT2D eigenvalue weighted by atomic mass is 10.3. The summed E-state index contributed by atoms with van der Waals surface area (Å²) in [7, 11) is -3.84. The largest absolute Gasteiger partial charge is 0.264 e. The minimum atomic E-state index is -3.84. The van der Waals surface area contributed by atoms with Crippen molar-refractivity contribution in [3.8, 4) is 0 Å². The van der Waals surface area contributed by atoms with Crippen LogP contribution in [0.5, 0.6) is 0 Å². The Balaban J connectivity index is 2.52. The molecule has 2 rings (SSSR count). The van der Waals surface area contributed by atoms with E-state index in [0.29, 0.717) is 15.2 Å². The van der Waals surface area contributed by atoms with Gasteiger partial charge in [0.1, 0.15) is 5.82 Å². The molecule has 0 N–H and O–H groups in total. The van der Waals surface area contributed by atoms with E-state index in [4.69, 9.17) is 11.6 Å². The molecular formula is C15H12BrClFNO2S. The fourth-order valence-corrected chi connectivity index (χ4v) is 3.68. The van der Waals surface area contributed by atoms with E-state index < -0.39 is 15.8 Å². The van der Waals surface area contributed by atoms with Gasteiger partial charge in [-0.25, -0.2) is 12.8 Å². The summed E-state index contributed by atoms with van der Waals surface area (Å²) in [5.74, 6) is -0.499. The minimum absolute atomic E-state index is 0.00482. The Hall–Kier alpha value is -1.37. The van der Waals surface area contributed by atoms with Crippen LogP contribution in [-0.2, 0) is 10.0 Å². The SMILES string of the molecule is C=CCN(c1ccc(Br)c(Cl)c1)S(=O)(=O)c1ccc(F)cc1. The number of halogens is 3. The zero-order valence-corrected chi connectivity index (χ0v) is 14.5. The molecule has 22 heavy (non-hydrogen) atoms. The van der Waals surface area contributed by atoms with Crippen LogP contribution in [0.2, 0.25) is 5.02 Å². The molecule has 0 aliphatic heterocycles. The van der Waals surface area contributed by atoms with Gasteiger partial charge in [-0.3, -0.25) is 4.31 Å². The second kappa shape index (κ2) is 6.81. The summed E-state index contributed by atoms with van der Waals surface area (Å²) in [6.07, 6.45) is 1.47. The zero-order valence-electron chi connectivity index (χ0n) is 11.3. The van der Waals surface area contributed by atoms with Gasteiger partial charge in [0.25, 0.3) is 10.0 Å². The van der Waals surface area contributed by atoms with Gasteiger partial charge in [0.15, 0.2) is 0 Å². The van der Waals surface area contributed by atoms with Crippen LogP contribution in [-0.4, -0.2) is 15.0 Å². The Morgan fingerprint density at radius 2 is 1.86 bits per heavy atom. The van der Waals surface area contributed by atoms with E-state index in [9.17, 15) is 12.8 Å². The second-order valence-corrected chi connectivity index (χ2v) is 7.50. The van der Waals surface area contributed by atoms with Crippen molar-refractivity contribution >= 4 is 43.2 Å². The third kappa shape index (κ3) is 3.51. The van der Waals surface area contributed by atoms with Crippen molar-refractivity contribution in [3.63, 3.8) is 0 Å². The highest BCUT2D eigenvalue weighted by Crippen LogP contribution is 2.30. The highest BCUT2D eigenvalue weighted by molar-refractivity contribution is 9.10. The summed E-state index contributed by atoms with van der Waals surface area (Å²) >= 11 is 9.29. The molecule has 0 aromatic heterocycles. The van der Waals surface area contributed by atoms with Gasteiger partial charge in [0.2, 0.25) is 0 Å². The molecule has 0 radical (unpaired) electrons. The Labute approximate surface area is 142 Å². The van der Waals surface area contributed by atoms with Gasteiger partial charge in [-0.2, -0.15) is 0 Å². The molecule has 0 spiro atoms. The predicted octanol–water partition coefficient (Wildman–Crippen LogP) is 4.62. The maximum Gasteiger partial charge on any atom is 0.264 e. The number of rotatable bonds is 5. The minimum Gasteiger partial charge on any atom is -0.262 e. The van der Waals surface area contributed by atoms with Crippen LogP contribution in [0.25, 0.3) is 0 Å². The maximum atomic E-state index is 13.0. The average Bonchev–Trinajstić information content (AvgIpc) is 2.48. The number of benzene rings is 2. The van der Waals surface area contributed by atoms with Gasteiger partial charge in [-0.1, -0.05) is 17.7 Å².